The minimum absolute atomic E-state index is 0.251. The molecule has 0 atom stereocenters. The molecule has 1 amide bonds. The van der Waals surface area contributed by atoms with E-state index in [2.05, 4.69) is 26.2 Å². The first kappa shape index (κ1) is 12.6. The Balaban J connectivity index is 2.27. The van der Waals surface area contributed by atoms with Crippen molar-refractivity contribution in [3.8, 4) is 0 Å². The molecule has 0 bridgehead atoms. The zero-order chi connectivity index (χ0) is 13.1. The van der Waals surface area contributed by atoms with Gasteiger partial charge >= 0.3 is 0 Å². The van der Waals surface area contributed by atoms with E-state index in [1.54, 1.807) is 30.5 Å². The van der Waals surface area contributed by atoms with Crippen molar-refractivity contribution >= 4 is 33.2 Å². The number of nitrogens with zero attached hydrogens (tertiary/aromatic N) is 1. The number of rotatable bonds is 2. The van der Waals surface area contributed by atoms with Crippen molar-refractivity contribution in [2.75, 3.05) is 11.1 Å². The van der Waals surface area contributed by atoms with Crippen molar-refractivity contribution < 1.29 is 4.79 Å². The molecule has 5 heteroatoms. The summed E-state index contributed by atoms with van der Waals surface area (Å²) in [7, 11) is 0. The molecule has 18 heavy (non-hydrogen) atoms. The number of aromatic nitrogens is 1. The topological polar surface area (TPSA) is 68.0 Å². The molecule has 2 aromatic rings. The highest BCUT2D eigenvalue weighted by atomic mass is 79.9. The van der Waals surface area contributed by atoms with Gasteiger partial charge in [-0.2, -0.15) is 0 Å². The number of nitrogens with one attached hydrogen (secondary N) is 1. The summed E-state index contributed by atoms with van der Waals surface area (Å²) in [5.41, 5.74) is 8.14. The van der Waals surface area contributed by atoms with E-state index < -0.39 is 0 Å². The second-order valence-electron chi connectivity index (χ2n) is 3.86. The van der Waals surface area contributed by atoms with Crippen molar-refractivity contribution in [1.29, 1.82) is 0 Å². The lowest BCUT2D eigenvalue weighted by Gasteiger charge is -2.09. The third-order valence-corrected chi connectivity index (χ3v) is 3.15. The molecule has 1 aromatic carbocycles. The van der Waals surface area contributed by atoms with Gasteiger partial charge in [-0.05, 0) is 52.7 Å². The fourth-order valence-corrected chi connectivity index (χ4v) is 1.89. The molecule has 3 N–H and O–H groups in total. The standard InChI is InChI=1S/C13H12BrN3O/c1-8-3-2-6-16-12(8)13(18)17-11-7-9(15)4-5-10(11)14/h2-7H,15H2,1H3,(H,17,18). The number of carbonyl (C=O) groups is 1. The molecular formula is C13H12BrN3O. The first-order valence-electron chi connectivity index (χ1n) is 5.36. The van der Waals surface area contributed by atoms with E-state index >= 15 is 0 Å². The Morgan fingerprint density at radius 1 is 1.39 bits per heavy atom. The van der Waals surface area contributed by atoms with Crippen LogP contribution >= 0.6 is 15.9 Å². The summed E-state index contributed by atoms with van der Waals surface area (Å²) in [6.45, 7) is 1.84. The molecule has 0 radical (unpaired) electrons. The lowest BCUT2D eigenvalue weighted by atomic mass is 10.2. The molecule has 0 aliphatic carbocycles. The van der Waals surface area contributed by atoms with Crippen LogP contribution in [0.15, 0.2) is 41.0 Å². The maximum absolute atomic E-state index is 12.1. The molecule has 0 spiro atoms. The number of hydrogen-bond acceptors (Lipinski definition) is 3. The Bertz CT molecular complexity index is 599. The molecule has 0 fully saturated rings. The predicted molar refractivity (Wildman–Crippen MR) is 75.5 cm³/mol. The summed E-state index contributed by atoms with van der Waals surface area (Å²) in [4.78, 5) is 16.1. The third kappa shape index (κ3) is 2.68. The van der Waals surface area contributed by atoms with Crippen LogP contribution in [-0.4, -0.2) is 10.9 Å². The third-order valence-electron chi connectivity index (χ3n) is 2.46. The number of halogens is 1. The second-order valence-corrected chi connectivity index (χ2v) is 4.72. The van der Waals surface area contributed by atoms with Gasteiger partial charge in [0, 0.05) is 16.4 Å². The summed E-state index contributed by atoms with van der Waals surface area (Å²) in [5.74, 6) is -0.251. The van der Waals surface area contributed by atoms with Crippen molar-refractivity contribution in [1.82, 2.24) is 4.98 Å². The monoisotopic (exact) mass is 305 g/mol. The first-order valence-corrected chi connectivity index (χ1v) is 6.15. The van der Waals surface area contributed by atoms with Crippen LogP contribution in [0, 0.1) is 6.92 Å². The van der Waals surface area contributed by atoms with Gasteiger partial charge in [0.15, 0.2) is 0 Å². The van der Waals surface area contributed by atoms with Crippen molar-refractivity contribution in [3.63, 3.8) is 0 Å². The molecule has 92 valence electrons. The van der Waals surface area contributed by atoms with Crippen LogP contribution in [0.4, 0.5) is 11.4 Å². The minimum atomic E-state index is -0.251. The average molecular weight is 306 g/mol. The molecule has 1 aromatic heterocycles. The van der Waals surface area contributed by atoms with Crippen LogP contribution in [0.3, 0.4) is 0 Å². The molecule has 0 saturated carbocycles. The van der Waals surface area contributed by atoms with Gasteiger partial charge < -0.3 is 11.1 Å². The zero-order valence-electron chi connectivity index (χ0n) is 9.77. The van der Waals surface area contributed by atoms with Crippen LogP contribution in [0.5, 0.6) is 0 Å². The fraction of sp³-hybridized carbons (Fsp3) is 0.0769. The van der Waals surface area contributed by atoms with Crippen molar-refractivity contribution in [2.24, 2.45) is 0 Å². The van der Waals surface area contributed by atoms with Crippen molar-refractivity contribution in [3.05, 3.63) is 52.3 Å². The Kier molecular flexibility index (Phi) is 3.62. The van der Waals surface area contributed by atoms with Crippen LogP contribution in [0.1, 0.15) is 16.1 Å². The Labute approximate surface area is 113 Å². The lowest BCUT2D eigenvalue weighted by Crippen LogP contribution is -2.15. The van der Waals surface area contributed by atoms with Crippen LogP contribution < -0.4 is 11.1 Å². The number of anilines is 2. The molecule has 0 saturated heterocycles. The first-order chi connectivity index (χ1) is 8.58. The van der Waals surface area contributed by atoms with E-state index in [-0.39, 0.29) is 5.91 Å². The van der Waals surface area contributed by atoms with Gasteiger partial charge in [-0.15, -0.1) is 0 Å². The van der Waals surface area contributed by atoms with Gasteiger partial charge in [0.05, 0.1) is 5.69 Å². The number of benzene rings is 1. The highest BCUT2D eigenvalue weighted by Crippen LogP contribution is 2.25. The van der Waals surface area contributed by atoms with Crippen LogP contribution in [-0.2, 0) is 0 Å². The SMILES string of the molecule is Cc1cccnc1C(=O)Nc1cc(N)ccc1Br. The highest BCUT2D eigenvalue weighted by molar-refractivity contribution is 9.10. The zero-order valence-corrected chi connectivity index (χ0v) is 11.4. The Hall–Kier alpha value is -1.88. The maximum Gasteiger partial charge on any atom is 0.274 e. The van der Waals surface area contributed by atoms with Crippen LogP contribution in [0.25, 0.3) is 0 Å². The summed E-state index contributed by atoms with van der Waals surface area (Å²) < 4.78 is 0.777. The second kappa shape index (κ2) is 5.18. The molecule has 4 nitrogen and oxygen atoms in total. The van der Waals surface area contributed by atoms with Gasteiger partial charge in [0.1, 0.15) is 5.69 Å². The minimum Gasteiger partial charge on any atom is -0.399 e. The van der Waals surface area contributed by atoms with Crippen molar-refractivity contribution in [2.45, 2.75) is 6.92 Å². The number of hydrogen-bond donors (Lipinski definition) is 2. The molecule has 2 rings (SSSR count). The van der Waals surface area contributed by atoms with E-state index in [1.807, 2.05) is 13.0 Å². The molecule has 0 aliphatic heterocycles. The normalized spacial score (nSPS) is 10.1. The number of nitrogen functional groups attached to an aromatic ring is 1. The number of aryl methyl sites for hydroxylation is 1. The van der Waals surface area contributed by atoms with Gasteiger partial charge in [0.25, 0.3) is 5.91 Å². The summed E-state index contributed by atoms with van der Waals surface area (Å²) >= 11 is 3.36. The van der Waals surface area contributed by atoms with E-state index in [4.69, 9.17) is 5.73 Å². The van der Waals surface area contributed by atoms with E-state index in [9.17, 15) is 4.79 Å². The molecular weight excluding hydrogens is 294 g/mol. The quantitative estimate of drug-likeness (QED) is 0.838. The highest BCUT2D eigenvalue weighted by Gasteiger charge is 2.11. The van der Waals surface area contributed by atoms with Crippen LogP contribution in [0.2, 0.25) is 0 Å². The number of nitrogens with two attached hydrogens (primary N) is 1. The number of carbonyl (C=O) groups excluding carboxylic acids is 1. The Morgan fingerprint density at radius 3 is 2.89 bits per heavy atom. The van der Waals surface area contributed by atoms with E-state index in [0.29, 0.717) is 17.1 Å². The number of pyridine rings is 1. The molecule has 0 aliphatic rings. The molecule has 1 heterocycles. The fourth-order valence-electron chi connectivity index (χ4n) is 1.54. The van der Waals surface area contributed by atoms with Gasteiger partial charge in [-0.3, -0.25) is 9.78 Å². The Morgan fingerprint density at radius 2 is 2.17 bits per heavy atom. The summed E-state index contributed by atoms with van der Waals surface area (Å²) in [6.07, 6.45) is 1.59. The summed E-state index contributed by atoms with van der Waals surface area (Å²) in [5, 5.41) is 2.78. The van der Waals surface area contributed by atoms with E-state index in [1.165, 1.54) is 0 Å². The van der Waals surface area contributed by atoms with E-state index in [0.717, 1.165) is 10.0 Å². The van der Waals surface area contributed by atoms with Gasteiger partial charge in [-0.1, -0.05) is 6.07 Å². The summed E-state index contributed by atoms with van der Waals surface area (Å²) in [6, 6.07) is 8.88. The maximum atomic E-state index is 12.1. The molecule has 0 unspecified atom stereocenters. The lowest BCUT2D eigenvalue weighted by molar-refractivity contribution is 0.102. The number of amides is 1. The average Bonchev–Trinajstić information content (AvgIpc) is 2.34. The van der Waals surface area contributed by atoms with Gasteiger partial charge in [0.2, 0.25) is 0 Å². The predicted octanol–water partition coefficient (Wildman–Crippen LogP) is 2.99. The van der Waals surface area contributed by atoms with Gasteiger partial charge in [-0.25, -0.2) is 0 Å². The largest absolute Gasteiger partial charge is 0.399 e. The smallest absolute Gasteiger partial charge is 0.274 e.